The summed E-state index contributed by atoms with van der Waals surface area (Å²) in [6, 6.07) is 8.41. The first-order valence-corrected chi connectivity index (χ1v) is 13.4. The van der Waals surface area contributed by atoms with E-state index in [2.05, 4.69) is 11.9 Å². The lowest BCUT2D eigenvalue weighted by Gasteiger charge is -2.26. The van der Waals surface area contributed by atoms with Crippen molar-refractivity contribution in [1.82, 2.24) is 14.3 Å². The van der Waals surface area contributed by atoms with Gasteiger partial charge in [0.05, 0.1) is 30.5 Å². The van der Waals surface area contributed by atoms with E-state index in [-0.39, 0.29) is 23.6 Å². The number of aliphatic hydroxyl groups is 1. The molecule has 9 heteroatoms. The Hall–Kier alpha value is -3.85. The molecule has 39 heavy (non-hydrogen) atoms. The van der Waals surface area contributed by atoms with Crippen LogP contribution in [0.25, 0.3) is 11.4 Å². The Bertz CT molecular complexity index is 1390. The number of Topliss-reactive ketones (excluding diaryl/α,β-unsaturated/α-hetero) is 1. The Morgan fingerprint density at radius 1 is 1.05 bits per heavy atom. The lowest BCUT2D eigenvalue weighted by molar-refractivity contribution is -0.140. The van der Waals surface area contributed by atoms with Crippen LogP contribution in [0.15, 0.2) is 42.1 Å². The Balaban J connectivity index is 1.86. The molecule has 4 rings (SSSR count). The number of ketones is 1. The Morgan fingerprint density at radius 3 is 2.54 bits per heavy atom. The standard InChI is InChI=1S/C30H37N3O6/c1-6-8-17-39-22-13-12-21(18-23(22)38-7-2)26-24(28(35)30(36)33(26)15-10-16-37-5)27(34)25-20(4)32-14-9-11-19(3)29(32)31-25/h9,11-14,18,26,34H,6-8,10,15-17H2,1-5H3/b27-24+. The molecule has 0 spiro atoms. The van der Waals surface area contributed by atoms with Gasteiger partial charge in [-0.1, -0.05) is 25.5 Å². The molecule has 1 aliphatic rings. The average Bonchev–Trinajstić information content (AvgIpc) is 3.39. The second-order valence-electron chi connectivity index (χ2n) is 9.61. The molecule has 3 heterocycles. The van der Waals surface area contributed by atoms with Crippen LogP contribution in [-0.4, -0.2) is 64.6 Å². The summed E-state index contributed by atoms with van der Waals surface area (Å²) in [6.45, 7) is 9.41. The maximum atomic E-state index is 13.5. The molecule has 1 amide bonds. The third kappa shape index (κ3) is 5.49. The molecule has 9 nitrogen and oxygen atoms in total. The summed E-state index contributed by atoms with van der Waals surface area (Å²) in [5.41, 5.74) is 3.19. The van der Waals surface area contributed by atoms with Crippen LogP contribution in [0.2, 0.25) is 0 Å². The number of methoxy groups -OCH3 is 1. The number of amides is 1. The van der Waals surface area contributed by atoms with Gasteiger partial charge in [0.1, 0.15) is 11.3 Å². The number of aryl methyl sites for hydroxylation is 2. The molecule has 0 radical (unpaired) electrons. The molecule has 1 atom stereocenters. The first-order chi connectivity index (χ1) is 18.8. The van der Waals surface area contributed by atoms with E-state index in [1.54, 1.807) is 19.2 Å². The minimum Gasteiger partial charge on any atom is -0.505 e. The number of imidazole rings is 1. The predicted octanol–water partition coefficient (Wildman–Crippen LogP) is 4.99. The van der Waals surface area contributed by atoms with Crippen molar-refractivity contribution < 1.29 is 28.9 Å². The largest absolute Gasteiger partial charge is 0.505 e. The van der Waals surface area contributed by atoms with Crippen molar-refractivity contribution in [3.05, 3.63) is 64.6 Å². The highest BCUT2D eigenvalue weighted by molar-refractivity contribution is 6.46. The van der Waals surface area contributed by atoms with Gasteiger partial charge in [-0.2, -0.15) is 0 Å². The van der Waals surface area contributed by atoms with Crippen molar-refractivity contribution in [3.63, 3.8) is 0 Å². The average molecular weight is 536 g/mol. The van der Waals surface area contributed by atoms with E-state index in [4.69, 9.17) is 14.2 Å². The number of pyridine rings is 1. The van der Waals surface area contributed by atoms with Crippen LogP contribution in [0.5, 0.6) is 11.5 Å². The van der Waals surface area contributed by atoms with Gasteiger partial charge >= 0.3 is 0 Å². The number of aliphatic hydroxyl groups excluding tert-OH is 1. The smallest absolute Gasteiger partial charge is 0.295 e. The van der Waals surface area contributed by atoms with Crippen LogP contribution in [0.1, 0.15) is 61.7 Å². The zero-order chi connectivity index (χ0) is 28.1. The number of fused-ring (bicyclic) bond motifs is 1. The van der Waals surface area contributed by atoms with E-state index in [0.29, 0.717) is 54.6 Å². The van der Waals surface area contributed by atoms with Crippen LogP contribution >= 0.6 is 0 Å². The van der Waals surface area contributed by atoms with Crippen molar-refractivity contribution in [2.24, 2.45) is 0 Å². The number of hydrogen-bond donors (Lipinski definition) is 1. The molecule has 2 aromatic heterocycles. The molecule has 3 aromatic rings. The third-order valence-electron chi connectivity index (χ3n) is 6.93. The van der Waals surface area contributed by atoms with Gasteiger partial charge < -0.3 is 28.6 Å². The maximum Gasteiger partial charge on any atom is 0.295 e. The molecule has 0 aliphatic carbocycles. The summed E-state index contributed by atoms with van der Waals surface area (Å²) in [5, 5.41) is 11.6. The Morgan fingerprint density at radius 2 is 1.85 bits per heavy atom. The van der Waals surface area contributed by atoms with Gasteiger partial charge in [-0.25, -0.2) is 4.98 Å². The van der Waals surface area contributed by atoms with E-state index in [0.717, 1.165) is 18.4 Å². The van der Waals surface area contributed by atoms with Crippen LogP contribution in [0, 0.1) is 13.8 Å². The lowest BCUT2D eigenvalue weighted by atomic mass is 9.96. The molecule has 1 aliphatic heterocycles. The number of ether oxygens (including phenoxy) is 3. The number of carbonyl (C=O) groups excluding carboxylic acids is 2. The predicted molar refractivity (Wildman–Crippen MR) is 148 cm³/mol. The van der Waals surface area contributed by atoms with E-state index in [9.17, 15) is 14.7 Å². The number of hydrogen-bond acceptors (Lipinski definition) is 7. The van der Waals surface area contributed by atoms with Gasteiger partial charge in [-0.05, 0) is 62.9 Å². The molecule has 1 unspecified atom stereocenters. The summed E-state index contributed by atoms with van der Waals surface area (Å²) >= 11 is 0. The molecule has 1 N–H and O–H groups in total. The molecule has 1 fully saturated rings. The van der Waals surface area contributed by atoms with Gasteiger partial charge in [0.15, 0.2) is 17.3 Å². The monoisotopic (exact) mass is 535 g/mol. The van der Waals surface area contributed by atoms with Crippen molar-refractivity contribution >= 4 is 23.1 Å². The quantitative estimate of drug-likeness (QED) is 0.151. The molecular formula is C30H37N3O6. The van der Waals surface area contributed by atoms with E-state index < -0.39 is 17.7 Å². The molecule has 1 aromatic carbocycles. The summed E-state index contributed by atoms with van der Waals surface area (Å²) in [6.07, 6.45) is 4.29. The molecule has 1 saturated heterocycles. The van der Waals surface area contributed by atoms with Gasteiger partial charge in [0.2, 0.25) is 0 Å². The Labute approximate surface area is 229 Å². The summed E-state index contributed by atoms with van der Waals surface area (Å²) in [4.78, 5) is 32.9. The molecule has 208 valence electrons. The number of nitrogens with zero attached hydrogens (tertiary/aromatic N) is 3. The van der Waals surface area contributed by atoms with Crippen molar-refractivity contribution in [1.29, 1.82) is 0 Å². The minimum atomic E-state index is -0.823. The second kappa shape index (κ2) is 12.3. The number of rotatable bonds is 12. The zero-order valence-corrected chi connectivity index (χ0v) is 23.3. The fourth-order valence-corrected chi connectivity index (χ4v) is 4.92. The summed E-state index contributed by atoms with van der Waals surface area (Å²) in [5.74, 6) is -0.597. The van der Waals surface area contributed by atoms with Gasteiger partial charge in [-0.15, -0.1) is 0 Å². The lowest BCUT2D eigenvalue weighted by Crippen LogP contribution is -2.31. The highest BCUT2D eigenvalue weighted by Gasteiger charge is 2.46. The van der Waals surface area contributed by atoms with Crippen molar-refractivity contribution in [2.75, 3.05) is 33.5 Å². The van der Waals surface area contributed by atoms with Crippen LogP contribution < -0.4 is 9.47 Å². The van der Waals surface area contributed by atoms with Crippen molar-refractivity contribution in [2.45, 2.75) is 53.0 Å². The van der Waals surface area contributed by atoms with Gasteiger partial charge in [0, 0.05) is 26.5 Å². The first kappa shape index (κ1) is 28.2. The van der Waals surface area contributed by atoms with Gasteiger partial charge in [0.25, 0.3) is 11.7 Å². The number of carbonyl (C=O) groups is 2. The normalized spacial score (nSPS) is 16.8. The summed E-state index contributed by atoms with van der Waals surface area (Å²) < 4.78 is 18.9. The number of unbranched alkanes of at least 4 members (excludes halogenated alkanes) is 1. The van der Waals surface area contributed by atoms with Crippen molar-refractivity contribution in [3.8, 4) is 11.5 Å². The number of benzene rings is 1. The van der Waals surface area contributed by atoms with Crippen LogP contribution in [0.4, 0.5) is 0 Å². The van der Waals surface area contributed by atoms with Gasteiger partial charge in [-0.3, -0.25) is 9.59 Å². The van der Waals surface area contributed by atoms with E-state index >= 15 is 0 Å². The van der Waals surface area contributed by atoms with E-state index in [1.165, 1.54) is 4.90 Å². The highest BCUT2D eigenvalue weighted by Crippen LogP contribution is 2.42. The maximum absolute atomic E-state index is 13.5. The number of aromatic nitrogens is 2. The first-order valence-electron chi connectivity index (χ1n) is 13.4. The molecular weight excluding hydrogens is 498 g/mol. The topological polar surface area (TPSA) is 103 Å². The number of likely N-dealkylation sites (tertiary alicyclic amines) is 1. The Kier molecular flexibility index (Phi) is 8.91. The fraction of sp³-hybridized carbons (Fsp3) is 0.433. The van der Waals surface area contributed by atoms with Crippen LogP contribution in [0.3, 0.4) is 0 Å². The van der Waals surface area contributed by atoms with E-state index in [1.807, 2.05) is 49.6 Å². The second-order valence-corrected chi connectivity index (χ2v) is 9.61. The SMILES string of the molecule is CCCCOc1ccc(C2/C(=C(\O)c3nc4c(C)cccn4c3C)C(=O)C(=O)N2CCCOC)cc1OCC. The highest BCUT2D eigenvalue weighted by atomic mass is 16.5. The zero-order valence-electron chi connectivity index (χ0n) is 23.3. The van der Waals surface area contributed by atoms with Crippen LogP contribution in [-0.2, 0) is 14.3 Å². The summed E-state index contributed by atoms with van der Waals surface area (Å²) in [7, 11) is 1.59. The third-order valence-corrected chi connectivity index (χ3v) is 6.93. The molecule has 0 bridgehead atoms. The minimum absolute atomic E-state index is 0.00340. The molecule has 0 saturated carbocycles. The fourth-order valence-electron chi connectivity index (χ4n) is 4.92.